The highest BCUT2D eigenvalue weighted by Crippen LogP contribution is 2.26. The zero-order valence-corrected chi connectivity index (χ0v) is 12.7. The Bertz CT molecular complexity index is 769. The predicted molar refractivity (Wildman–Crippen MR) is 77.5 cm³/mol. The lowest BCUT2D eigenvalue weighted by molar-refractivity contribution is 0.169. The first-order valence-electron chi connectivity index (χ1n) is 6.67. The minimum atomic E-state index is 0.0132. The predicted octanol–water partition coefficient (Wildman–Crippen LogP) is 3.48. The fourth-order valence-electron chi connectivity index (χ4n) is 1.70. The molecule has 0 N–H and O–H groups in total. The fourth-order valence-corrected chi connectivity index (χ4v) is 1.93. The maximum absolute atomic E-state index is 6.08. The standard InChI is InChI=1S/C14H13ClN4O3/c1-8(2)12-16-11(21-18-12)7-20-14-17-13(19-22-14)9-5-3-4-6-10(9)15/h3-6,8H,7H2,1-2H3. The lowest BCUT2D eigenvalue weighted by Crippen LogP contribution is -1.97. The number of nitrogens with zero attached hydrogens (tertiary/aromatic N) is 4. The lowest BCUT2D eigenvalue weighted by Gasteiger charge is -1.96. The van der Waals surface area contributed by atoms with Gasteiger partial charge in [-0.3, -0.25) is 4.52 Å². The molecule has 0 unspecified atom stereocenters. The van der Waals surface area contributed by atoms with E-state index in [0.717, 1.165) is 0 Å². The van der Waals surface area contributed by atoms with Gasteiger partial charge in [0.1, 0.15) is 0 Å². The number of halogens is 1. The summed E-state index contributed by atoms with van der Waals surface area (Å²) >= 11 is 6.08. The van der Waals surface area contributed by atoms with Crippen LogP contribution in [0, 0.1) is 0 Å². The van der Waals surface area contributed by atoms with E-state index in [-0.39, 0.29) is 18.6 Å². The molecule has 1 aromatic carbocycles. The third-order valence-corrected chi connectivity index (χ3v) is 3.17. The van der Waals surface area contributed by atoms with Crippen molar-refractivity contribution < 1.29 is 13.8 Å². The highest BCUT2D eigenvalue weighted by Gasteiger charge is 2.14. The summed E-state index contributed by atoms with van der Waals surface area (Å²) in [6.45, 7) is 4.01. The molecule has 114 valence electrons. The third-order valence-electron chi connectivity index (χ3n) is 2.84. The van der Waals surface area contributed by atoms with E-state index in [1.807, 2.05) is 26.0 Å². The molecule has 0 saturated heterocycles. The van der Waals surface area contributed by atoms with Gasteiger partial charge in [-0.25, -0.2) is 0 Å². The van der Waals surface area contributed by atoms with E-state index in [2.05, 4.69) is 20.3 Å². The summed E-state index contributed by atoms with van der Waals surface area (Å²) in [5, 5.41) is 8.21. The van der Waals surface area contributed by atoms with Gasteiger partial charge in [-0.05, 0) is 12.1 Å². The molecule has 0 fully saturated rings. The van der Waals surface area contributed by atoms with Crippen molar-refractivity contribution in [1.29, 1.82) is 0 Å². The molecule has 2 aromatic heterocycles. The molecule has 0 aliphatic rings. The summed E-state index contributed by atoms with van der Waals surface area (Å²) in [7, 11) is 0. The molecule has 22 heavy (non-hydrogen) atoms. The molecule has 0 aliphatic heterocycles. The number of ether oxygens (including phenoxy) is 1. The van der Waals surface area contributed by atoms with Crippen LogP contribution in [0.3, 0.4) is 0 Å². The van der Waals surface area contributed by atoms with Gasteiger partial charge >= 0.3 is 6.08 Å². The fraction of sp³-hybridized carbons (Fsp3) is 0.286. The summed E-state index contributed by atoms with van der Waals surface area (Å²) in [5.74, 6) is 1.52. The van der Waals surface area contributed by atoms with E-state index < -0.39 is 0 Å². The van der Waals surface area contributed by atoms with Crippen LogP contribution in [-0.4, -0.2) is 20.3 Å². The van der Waals surface area contributed by atoms with Crippen molar-refractivity contribution in [1.82, 2.24) is 20.3 Å². The molecule has 0 saturated carbocycles. The maximum atomic E-state index is 6.08. The van der Waals surface area contributed by atoms with E-state index in [1.165, 1.54) is 0 Å². The van der Waals surface area contributed by atoms with Crippen molar-refractivity contribution in [3.63, 3.8) is 0 Å². The third kappa shape index (κ3) is 3.09. The highest BCUT2D eigenvalue weighted by molar-refractivity contribution is 6.33. The van der Waals surface area contributed by atoms with Crippen LogP contribution in [0.25, 0.3) is 11.4 Å². The van der Waals surface area contributed by atoms with Crippen LogP contribution >= 0.6 is 11.6 Å². The molecule has 2 heterocycles. The van der Waals surface area contributed by atoms with Crippen LogP contribution in [0.4, 0.5) is 0 Å². The second-order valence-electron chi connectivity index (χ2n) is 4.85. The van der Waals surface area contributed by atoms with E-state index in [9.17, 15) is 0 Å². The molecule has 8 heteroatoms. The number of rotatable bonds is 5. The smallest absolute Gasteiger partial charge is 0.418 e. The van der Waals surface area contributed by atoms with Crippen molar-refractivity contribution in [3.8, 4) is 17.5 Å². The lowest BCUT2D eigenvalue weighted by atomic mass is 10.2. The summed E-state index contributed by atoms with van der Waals surface area (Å²) in [6, 6.07) is 7.21. The number of benzene rings is 1. The van der Waals surface area contributed by atoms with Crippen LogP contribution in [0.1, 0.15) is 31.5 Å². The summed E-state index contributed by atoms with van der Waals surface area (Å²) < 4.78 is 15.4. The van der Waals surface area contributed by atoms with E-state index >= 15 is 0 Å². The Morgan fingerprint density at radius 2 is 1.95 bits per heavy atom. The zero-order chi connectivity index (χ0) is 15.5. The van der Waals surface area contributed by atoms with Gasteiger partial charge in [-0.2, -0.15) is 9.97 Å². The van der Waals surface area contributed by atoms with Crippen molar-refractivity contribution in [3.05, 3.63) is 41.0 Å². The van der Waals surface area contributed by atoms with Gasteiger partial charge in [-0.15, -0.1) is 0 Å². The molecule has 0 radical (unpaired) electrons. The number of aromatic nitrogens is 4. The molecule has 3 aromatic rings. The largest absolute Gasteiger partial charge is 0.439 e. The second-order valence-corrected chi connectivity index (χ2v) is 5.26. The van der Waals surface area contributed by atoms with Crippen molar-refractivity contribution >= 4 is 11.6 Å². The zero-order valence-electron chi connectivity index (χ0n) is 12.0. The van der Waals surface area contributed by atoms with Crippen LogP contribution < -0.4 is 4.74 Å². The Balaban J connectivity index is 1.68. The van der Waals surface area contributed by atoms with Crippen LogP contribution in [0.5, 0.6) is 6.08 Å². The van der Waals surface area contributed by atoms with Gasteiger partial charge in [0, 0.05) is 11.5 Å². The minimum Gasteiger partial charge on any atom is -0.439 e. The van der Waals surface area contributed by atoms with Gasteiger partial charge in [0.15, 0.2) is 12.4 Å². The normalized spacial score (nSPS) is 11.1. The van der Waals surface area contributed by atoms with Gasteiger partial charge < -0.3 is 9.26 Å². The topological polar surface area (TPSA) is 87.1 Å². The van der Waals surface area contributed by atoms with Crippen LogP contribution in [-0.2, 0) is 6.61 Å². The monoisotopic (exact) mass is 320 g/mol. The first-order valence-corrected chi connectivity index (χ1v) is 7.05. The van der Waals surface area contributed by atoms with E-state index in [1.54, 1.807) is 12.1 Å². The minimum absolute atomic E-state index is 0.0132. The first kappa shape index (κ1) is 14.5. The second kappa shape index (κ2) is 6.15. The summed E-state index contributed by atoms with van der Waals surface area (Å²) in [4.78, 5) is 8.31. The SMILES string of the molecule is CC(C)c1noc(COc2nc(-c3ccccc3Cl)no2)n1. The quantitative estimate of drug-likeness (QED) is 0.711. The Kier molecular flexibility index (Phi) is 4.06. The Labute approximate surface area is 131 Å². The molecule has 7 nitrogen and oxygen atoms in total. The van der Waals surface area contributed by atoms with Gasteiger partial charge in [-0.1, -0.05) is 47.9 Å². The Morgan fingerprint density at radius 3 is 2.68 bits per heavy atom. The molecule has 0 aliphatic carbocycles. The van der Waals surface area contributed by atoms with Crippen LogP contribution in [0.15, 0.2) is 33.3 Å². The maximum Gasteiger partial charge on any atom is 0.418 e. The van der Waals surface area contributed by atoms with Gasteiger partial charge in [0.05, 0.1) is 5.02 Å². The first-order chi connectivity index (χ1) is 10.6. The van der Waals surface area contributed by atoms with Crippen LogP contribution in [0.2, 0.25) is 5.02 Å². The molecule has 0 bridgehead atoms. The molecule has 0 spiro atoms. The molecule has 0 atom stereocenters. The highest BCUT2D eigenvalue weighted by atomic mass is 35.5. The van der Waals surface area contributed by atoms with Crippen molar-refractivity contribution in [2.45, 2.75) is 26.4 Å². The molecule has 0 amide bonds. The van der Waals surface area contributed by atoms with Crippen molar-refractivity contribution in [2.75, 3.05) is 0 Å². The molecular formula is C14H13ClN4O3. The Morgan fingerprint density at radius 1 is 1.14 bits per heavy atom. The Hall–Kier alpha value is -2.41. The average molecular weight is 321 g/mol. The van der Waals surface area contributed by atoms with Gasteiger partial charge in [0.2, 0.25) is 5.82 Å². The van der Waals surface area contributed by atoms with E-state index in [4.69, 9.17) is 25.4 Å². The van der Waals surface area contributed by atoms with E-state index in [0.29, 0.717) is 28.1 Å². The number of hydrogen-bond acceptors (Lipinski definition) is 7. The van der Waals surface area contributed by atoms with Gasteiger partial charge in [0.25, 0.3) is 5.89 Å². The summed E-state index contributed by atoms with van der Waals surface area (Å²) in [6.07, 6.45) is 0.0132. The summed E-state index contributed by atoms with van der Waals surface area (Å²) in [5.41, 5.74) is 0.669. The molecule has 3 rings (SSSR count). The average Bonchev–Trinajstić information content (AvgIpc) is 3.15. The number of hydrogen-bond donors (Lipinski definition) is 0. The molecular weight excluding hydrogens is 308 g/mol. The van der Waals surface area contributed by atoms with Crippen molar-refractivity contribution in [2.24, 2.45) is 0 Å².